The Morgan fingerprint density at radius 1 is 0.800 bits per heavy atom. The van der Waals surface area contributed by atoms with Crippen LogP contribution >= 0.6 is 0 Å². The number of piperidine rings is 1. The number of nitrogens with zero attached hydrogens (tertiary/aromatic N) is 5. The molecule has 0 amide bonds. The molecule has 1 N–H and O–H groups in total. The van der Waals surface area contributed by atoms with Crippen molar-refractivity contribution in [2.24, 2.45) is 0 Å². The number of nitrogens with one attached hydrogen (secondary N) is 1. The average Bonchev–Trinajstić information content (AvgIpc) is 3.01. The van der Waals surface area contributed by atoms with Gasteiger partial charge in [0.05, 0.1) is 27.0 Å². The summed E-state index contributed by atoms with van der Waals surface area (Å²) >= 11 is 0. The molecule has 5 rings (SSSR count). The zero-order chi connectivity index (χ0) is 27.9. The van der Waals surface area contributed by atoms with Crippen molar-refractivity contribution in [3.05, 3.63) is 54.4 Å². The van der Waals surface area contributed by atoms with Crippen molar-refractivity contribution < 1.29 is 18.9 Å². The number of hydrogen-bond donors (Lipinski definition) is 1. The number of ether oxygens (including phenoxy) is 4. The van der Waals surface area contributed by atoms with Gasteiger partial charge in [0.25, 0.3) is 0 Å². The first-order chi connectivity index (χ1) is 19.5. The number of benzene rings is 2. The summed E-state index contributed by atoms with van der Waals surface area (Å²) < 4.78 is 22.3. The Labute approximate surface area is 236 Å². The number of hydrogen-bond acceptors (Lipinski definition) is 10. The van der Waals surface area contributed by atoms with E-state index < -0.39 is 0 Å². The Morgan fingerprint density at radius 3 is 2.08 bits per heavy atom. The number of aromatic nitrogens is 2. The van der Waals surface area contributed by atoms with E-state index in [0.29, 0.717) is 35.8 Å². The minimum Gasteiger partial charge on any atom is -0.496 e. The van der Waals surface area contributed by atoms with E-state index in [2.05, 4.69) is 49.2 Å². The third-order valence-electron chi connectivity index (χ3n) is 7.73. The van der Waals surface area contributed by atoms with Gasteiger partial charge >= 0.3 is 0 Å². The van der Waals surface area contributed by atoms with Crippen LogP contribution in [0.1, 0.15) is 18.4 Å². The first-order valence-corrected chi connectivity index (χ1v) is 13.8. The van der Waals surface area contributed by atoms with Crippen LogP contribution in [0.5, 0.6) is 23.0 Å². The Kier molecular flexibility index (Phi) is 9.08. The van der Waals surface area contributed by atoms with Gasteiger partial charge in [-0.05, 0) is 32.0 Å². The lowest BCUT2D eigenvalue weighted by Crippen LogP contribution is -2.52. The number of methoxy groups -OCH3 is 3. The lowest BCUT2D eigenvalue weighted by Gasteiger charge is -2.42. The number of likely N-dealkylation sites (N-methyl/N-ethyl adjacent to an activating group) is 1. The second kappa shape index (κ2) is 13.1. The van der Waals surface area contributed by atoms with E-state index >= 15 is 0 Å². The molecule has 2 saturated heterocycles. The SMILES string of the molecule is COc1cc(OC)cc(OCc2cnc(Nc3ccc(N4CCC(N5CCN(C)CC5)CC4)c(OC)c3)nc2)c1. The molecule has 10 heteroatoms. The van der Waals surface area contributed by atoms with Crippen molar-refractivity contribution in [3.8, 4) is 23.0 Å². The minimum absolute atomic E-state index is 0.324. The molecule has 0 aliphatic carbocycles. The molecule has 0 unspecified atom stereocenters. The van der Waals surface area contributed by atoms with Gasteiger partial charge in [0, 0.05) is 93.2 Å². The summed E-state index contributed by atoms with van der Waals surface area (Å²) in [6.07, 6.45) is 5.87. The highest BCUT2D eigenvalue weighted by Gasteiger charge is 2.27. The molecule has 2 aliphatic heterocycles. The van der Waals surface area contributed by atoms with Gasteiger partial charge in [-0.25, -0.2) is 9.97 Å². The van der Waals surface area contributed by atoms with E-state index in [-0.39, 0.29) is 0 Å². The molecule has 214 valence electrons. The Hall–Kier alpha value is -3.76. The van der Waals surface area contributed by atoms with Crippen LogP contribution in [0.25, 0.3) is 0 Å². The third-order valence-corrected chi connectivity index (χ3v) is 7.73. The molecule has 40 heavy (non-hydrogen) atoms. The van der Waals surface area contributed by atoms with Crippen molar-refractivity contribution >= 4 is 17.3 Å². The standard InChI is InChI=1S/C30H40N6O4/c1-34-11-13-35(14-12-34)24-7-9-36(10-8-24)28-6-5-23(15-29(28)39-4)33-30-31-19-22(20-32-30)21-40-27-17-25(37-2)16-26(18-27)38-3/h5-6,15-20,24H,7-14,21H2,1-4H3,(H,31,32,33). The summed E-state index contributed by atoms with van der Waals surface area (Å²) in [5.74, 6) is 3.34. The zero-order valence-electron chi connectivity index (χ0n) is 23.9. The number of rotatable bonds is 10. The fraction of sp³-hybridized carbons (Fsp3) is 0.467. The van der Waals surface area contributed by atoms with Crippen LogP contribution in [-0.2, 0) is 6.61 Å². The summed E-state index contributed by atoms with van der Waals surface area (Å²) in [5.41, 5.74) is 2.85. The molecule has 0 atom stereocenters. The van der Waals surface area contributed by atoms with Crippen LogP contribution in [0.15, 0.2) is 48.8 Å². The van der Waals surface area contributed by atoms with Crippen molar-refractivity contribution in [3.63, 3.8) is 0 Å². The second-order valence-corrected chi connectivity index (χ2v) is 10.3. The quantitative estimate of drug-likeness (QED) is 0.401. The van der Waals surface area contributed by atoms with E-state index in [1.165, 1.54) is 39.0 Å². The van der Waals surface area contributed by atoms with E-state index in [0.717, 1.165) is 35.8 Å². The highest BCUT2D eigenvalue weighted by Crippen LogP contribution is 2.34. The summed E-state index contributed by atoms with van der Waals surface area (Å²) in [6, 6.07) is 12.3. The highest BCUT2D eigenvalue weighted by molar-refractivity contribution is 5.67. The molecule has 0 spiro atoms. The van der Waals surface area contributed by atoms with E-state index in [4.69, 9.17) is 18.9 Å². The molecule has 2 aromatic carbocycles. The predicted molar refractivity (Wildman–Crippen MR) is 156 cm³/mol. The van der Waals surface area contributed by atoms with Gasteiger partial charge in [-0.1, -0.05) is 0 Å². The molecule has 0 bridgehead atoms. The summed E-state index contributed by atoms with van der Waals surface area (Å²) in [5, 5.41) is 3.29. The largest absolute Gasteiger partial charge is 0.496 e. The molecular weight excluding hydrogens is 508 g/mol. The van der Waals surface area contributed by atoms with Crippen LogP contribution in [-0.4, -0.2) is 93.5 Å². The van der Waals surface area contributed by atoms with Gasteiger partial charge in [-0.2, -0.15) is 0 Å². The molecule has 2 aliphatic rings. The molecular formula is C30H40N6O4. The van der Waals surface area contributed by atoms with E-state index in [1.54, 1.807) is 39.8 Å². The van der Waals surface area contributed by atoms with Crippen molar-refractivity contribution in [1.29, 1.82) is 0 Å². The van der Waals surface area contributed by atoms with Crippen LogP contribution in [0.2, 0.25) is 0 Å². The maximum Gasteiger partial charge on any atom is 0.227 e. The molecule has 0 radical (unpaired) electrons. The van der Waals surface area contributed by atoms with Crippen LogP contribution in [0.3, 0.4) is 0 Å². The van der Waals surface area contributed by atoms with Crippen LogP contribution < -0.4 is 29.2 Å². The number of piperazine rings is 1. The van der Waals surface area contributed by atoms with E-state index in [1.807, 2.05) is 18.2 Å². The fourth-order valence-electron chi connectivity index (χ4n) is 5.33. The smallest absolute Gasteiger partial charge is 0.227 e. The molecule has 1 aromatic heterocycles. The van der Waals surface area contributed by atoms with Gasteiger partial charge in [0.2, 0.25) is 5.95 Å². The maximum absolute atomic E-state index is 5.90. The van der Waals surface area contributed by atoms with Gasteiger partial charge < -0.3 is 34.1 Å². The van der Waals surface area contributed by atoms with Gasteiger partial charge in [-0.3, -0.25) is 4.90 Å². The Bertz CT molecular complexity index is 1220. The first-order valence-electron chi connectivity index (χ1n) is 13.8. The van der Waals surface area contributed by atoms with Crippen molar-refractivity contribution in [2.75, 3.05) is 77.9 Å². The molecule has 2 fully saturated rings. The monoisotopic (exact) mass is 548 g/mol. The third kappa shape index (κ3) is 6.86. The number of anilines is 3. The topological polar surface area (TPSA) is 84.5 Å². The highest BCUT2D eigenvalue weighted by atomic mass is 16.5. The van der Waals surface area contributed by atoms with E-state index in [9.17, 15) is 0 Å². The van der Waals surface area contributed by atoms with Gasteiger partial charge in [0.1, 0.15) is 29.6 Å². The fourth-order valence-corrected chi connectivity index (χ4v) is 5.33. The summed E-state index contributed by atoms with van der Waals surface area (Å²) in [4.78, 5) is 16.5. The minimum atomic E-state index is 0.324. The summed E-state index contributed by atoms with van der Waals surface area (Å²) in [7, 11) is 7.16. The molecule has 3 aromatic rings. The normalized spacial score (nSPS) is 16.9. The summed E-state index contributed by atoms with van der Waals surface area (Å²) in [6.45, 7) is 7.09. The van der Waals surface area contributed by atoms with Gasteiger partial charge in [0.15, 0.2) is 0 Å². The second-order valence-electron chi connectivity index (χ2n) is 10.3. The molecule has 10 nitrogen and oxygen atoms in total. The van der Waals surface area contributed by atoms with Crippen LogP contribution in [0.4, 0.5) is 17.3 Å². The Morgan fingerprint density at radius 2 is 1.45 bits per heavy atom. The Balaban J connectivity index is 1.16. The molecule has 3 heterocycles. The lowest BCUT2D eigenvalue weighted by molar-refractivity contribution is 0.0981. The average molecular weight is 549 g/mol. The molecule has 0 saturated carbocycles. The van der Waals surface area contributed by atoms with Crippen LogP contribution in [0, 0.1) is 0 Å². The first kappa shape index (κ1) is 27.8. The predicted octanol–water partition coefficient (Wildman–Crippen LogP) is 4.04. The maximum atomic E-state index is 5.90. The lowest BCUT2D eigenvalue weighted by atomic mass is 10.0. The van der Waals surface area contributed by atoms with Crippen molar-refractivity contribution in [2.45, 2.75) is 25.5 Å². The van der Waals surface area contributed by atoms with Crippen molar-refractivity contribution in [1.82, 2.24) is 19.8 Å². The van der Waals surface area contributed by atoms with Gasteiger partial charge in [-0.15, -0.1) is 0 Å². The zero-order valence-corrected chi connectivity index (χ0v) is 23.9.